The Balaban J connectivity index is 1.58. The largest absolute Gasteiger partial charge is 0.497 e. The normalized spacial score (nSPS) is 15.3. The molecule has 136 valence electrons. The molecule has 0 bridgehead atoms. The number of nitrogens with one attached hydrogen (secondary N) is 1. The Kier molecular flexibility index (Phi) is 4.50. The molecule has 0 saturated heterocycles. The number of nitrogens with zero attached hydrogens (tertiary/aromatic N) is 2. The molecule has 2 heterocycles. The van der Waals surface area contributed by atoms with Crippen molar-refractivity contribution in [1.82, 2.24) is 4.98 Å². The highest BCUT2D eigenvalue weighted by Crippen LogP contribution is 2.37. The predicted octanol–water partition coefficient (Wildman–Crippen LogP) is 4.43. The minimum Gasteiger partial charge on any atom is -0.497 e. The van der Waals surface area contributed by atoms with E-state index in [-0.39, 0.29) is 5.91 Å². The number of anilines is 3. The lowest BCUT2D eigenvalue weighted by atomic mass is 10.1. The third-order valence-electron chi connectivity index (χ3n) is 4.81. The molecule has 1 amide bonds. The molecule has 2 aromatic carbocycles. The van der Waals surface area contributed by atoms with Gasteiger partial charge in [0.1, 0.15) is 11.6 Å². The summed E-state index contributed by atoms with van der Waals surface area (Å²) < 4.78 is 5.14. The monoisotopic (exact) mass is 359 g/mol. The number of ether oxygens (including phenoxy) is 1. The number of methoxy groups -OCH3 is 1. The summed E-state index contributed by atoms with van der Waals surface area (Å²) in [5.74, 6) is 1.37. The minimum atomic E-state index is -0.163. The molecule has 5 heteroatoms. The van der Waals surface area contributed by atoms with E-state index in [1.165, 1.54) is 5.56 Å². The number of aromatic nitrogens is 1. The summed E-state index contributed by atoms with van der Waals surface area (Å²) >= 11 is 0. The van der Waals surface area contributed by atoms with Crippen LogP contribution in [0.1, 0.15) is 22.8 Å². The molecule has 5 nitrogen and oxygen atoms in total. The van der Waals surface area contributed by atoms with Crippen LogP contribution in [-0.4, -0.2) is 24.0 Å². The maximum absolute atomic E-state index is 12.7. The first-order valence-electron chi connectivity index (χ1n) is 8.94. The smallest absolute Gasteiger partial charge is 0.255 e. The van der Waals surface area contributed by atoms with Gasteiger partial charge in [0.15, 0.2) is 0 Å². The van der Waals surface area contributed by atoms with Crippen molar-refractivity contribution >= 4 is 23.1 Å². The van der Waals surface area contributed by atoms with Crippen LogP contribution in [0.25, 0.3) is 0 Å². The summed E-state index contributed by atoms with van der Waals surface area (Å²) in [6, 6.07) is 19.5. The summed E-state index contributed by atoms with van der Waals surface area (Å²) in [6.45, 7) is 2.17. The lowest BCUT2D eigenvalue weighted by Crippen LogP contribution is -2.25. The Morgan fingerprint density at radius 2 is 1.93 bits per heavy atom. The molecular weight excluding hydrogens is 338 g/mol. The summed E-state index contributed by atoms with van der Waals surface area (Å²) in [5, 5.41) is 2.92. The lowest BCUT2D eigenvalue weighted by molar-refractivity contribution is 0.102. The second-order valence-electron chi connectivity index (χ2n) is 6.64. The van der Waals surface area contributed by atoms with Gasteiger partial charge in [-0.25, -0.2) is 4.98 Å². The van der Waals surface area contributed by atoms with Crippen LogP contribution in [-0.2, 0) is 6.42 Å². The summed E-state index contributed by atoms with van der Waals surface area (Å²) in [6.07, 6.45) is 2.66. The zero-order chi connectivity index (χ0) is 18.8. The topological polar surface area (TPSA) is 54.5 Å². The van der Waals surface area contributed by atoms with Crippen LogP contribution in [0.3, 0.4) is 0 Å². The van der Waals surface area contributed by atoms with E-state index in [2.05, 4.69) is 40.3 Å². The Hall–Kier alpha value is -3.34. The van der Waals surface area contributed by atoms with Crippen molar-refractivity contribution in [1.29, 1.82) is 0 Å². The molecule has 1 unspecified atom stereocenters. The minimum absolute atomic E-state index is 0.163. The lowest BCUT2D eigenvalue weighted by Gasteiger charge is -2.24. The molecule has 0 fully saturated rings. The SMILES string of the molecule is COc1ccc(NC(=O)c2ccnc(N3c4ccccc4CC3C)c2)cc1. The fourth-order valence-corrected chi connectivity index (χ4v) is 3.48. The van der Waals surface area contributed by atoms with Crippen molar-refractivity contribution in [2.75, 3.05) is 17.3 Å². The van der Waals surface area contributed by atoms with Crippen LogP contribution in [0.2, 0.25) is 0 Å². The van der Waals surface area contributed by atoms with E-state index in [4.69, 9.17) is 4.74 Å². The van der Waals surface area contributed by atoms with Gasteiger partial charge in [0, 0.05) is 29.2 Å². The molecule has 0 radical (unpaired) electrons. The van der Waals surface area contributed by atoms with Crippen molar-refractivity contribution in [2.45, 2.75) is 19.4 Å². The highest BCUT2D eigenvalue weighted by atomic mass is 16.5. The standard InChI is InChI=1S/C22H21N3O2/c1-15-13-16-5-3-4-6-20(16)25(15)21-14-17(11-12-23-21)22(26)24-18-7-9-19(27-2)10-8-18/h3-12,14-15H,13H2,1-2H3,(H,24,26). The van der Waals surface area contributed by atoms with E-state index in [0.29, 0.717) is 11.6 Å². The second kappa shape index (κ2) is 7.11. The number of carbonyl (C=O) groups excluding carboxylic acids is 1. The maximum atomic E-state index is 12.7. The number of fused-ring (bicyclic) bond motifs is 1. The number of pyridine rings is 1. The van der Waals surface area contributed by atoms with Crippen LogP contribution in [0.5, 0.6) is 5.75 Å². The first kappa shape index (κ1) is 17.1. The Labute approximate surface area is 158 Å². The van der Waals surface area contributed by atoms with Gasteiger partial charge in [0.05, 0.1) is 7.11 Å². The molecule has 1 atom stereocenters. The van der Waals surface area contributed by atoms with E-state index < -0.39 is 0 Å². The average molecular weight is 359 g/mol. The number of hydrogen-bond donors (Lipinski definition) is 1. The summed E-state index contributed by atoms with van der Waals surface area (Å²) in [4.78, 5) is 19.4. The van der Waals surface area contributed by atoms with Crippen molar-refractivity contribution < 1.29 is 9.53 Å². The molecule has 1 aliphatic heterocycles. The molecule has 0 aliphatic carbocycles. The first-order valence-corrected chi connectivity index (χ1v) is 8.94. The fraction of sp³-hybridized carbons (Fsp3) is 0.182. The van der Waals surface area contributed by atoms with Crippen molar-refractivity contribution in [3.05, 3.63) is 78.0 Å². The quantitative estimate of drug-likeness (QED) is 0.749. The van der Waals surface area contributed by atoms with E-state index in [9.17, 15) is 4.79 Å². The number of rotatable bonds is 4. The Bertz CT molecular complexity index is 969. The zero-order valence-electron chi connectivity index (χ0n) is 15.3. The summed E-state index contributed by atoms with van der Waals surface area (Å²) in [5.41, 5.74) is 3.76. The molecule has 3 aromatic rings. The van der Waals surface area contributed by atoms with Crippen molar-refractivity contribution in [3.8, 4) is 5.75 Å². The Morgan fingerprint density at radius 1 is 1.15 bits per heavy atom. The van der Waals surface area contributed by atoms with Crippen molar-refractivity contribution in [2.24, 2.45) is 0 Å². The van der Waals surface area contributed by atoms with Crippen LogP contribution < -0.4 is 15.0 Å². The molecule has 1 N–H and O–H groups in total. The van der Waals surface area contributed by atoms with Gasteiger partial charge in [0.25, 0.3) is 5.91 Å². The van der Waals surface area contributed by atoms with Gasteiger partial charge in [-0.2, -0.15) is 0 Å². The maximum Gasteiger partial charge on any atom is 0.255 e. The molecular formula is C22H21N3O2. The highest BCUT2D eigenvalue weighted by molar-refractivity contribution is 6.04. The molecule has 1 aromatic heterocycles. The third-order valence-corrected chi connectivity index (χ3v) is 4.81. The van der Waals surface area contributed by atoms with Gasteiger partial charge in [0.2, 0.25) is 0 Å². The van der Waals surface area contributed by atoms with Crippen LogP contribution >= 0.6 is 0 Å². The predicted molar refractivity (Wildman–Crippen MR) is 107 cm³/mol. The van der Waals surface area contributed by atoms with E-state index >= 15 is 0 Å². The van der Waals surface area contributed by atoms with Crippen LogP contribution in [0, 0.1) is 0 Å². The van der Waals surface area contributed by atoms with E-state index in [1.54, 1.807) is 19.4 Å². The number of amides is 1. The first-order chi connectivity index (χ1) is 13.2. The molecule has 0 saturated carbocycles. The fourth-order valence-electron chi connectivity index (χ4n) is 3.48. The zero-order valence-corrected chi connectivity index (χ0v) is 15.3. The van der Waals surface area contributed by atoms with Gasteiger partial charge in [-0.15, -0.1) is 0 Å². The van der Waals surface area contributed by atoms with Gasteiger partial charge in [-0.05, 0) is 61.4 Å². The van der Waals surface area contributed by atoms with Gasteiger partial charge in [-0.1, -0.05) is 18.2 Å². The molecule has 4 rings (SSSR count). The van der Waals surface area contributed by atoms with Gasteiger partial charge in [-0.3, -0.25) is 4.79 Å². The van der Waals surface area contributed by atoms with Crippen LogP contribution in [0.15, 0.2) is 66.9 Å². The molecule has 0 spiro atoms. The summed E-state index contributed by atoms with van der Waals surface area (Å²) in [7, 11) is 1.61. The highest BCUT2D eigenvalue weighted by Gasteiger charge is 2.28. The molecule has 27 heavy (non-hydrogen) atoms. The van der Waals surface area contributed by atoms with E-state index in [0.717, 1.165) is 29.4 Å². The average Bonchev–Trinajstić information content (AvgIpc) is 3.04. The van der Waals surface area contributed by atoms with Gasteiger partial charge >= 0.3 is 0 Å². The van der Waals surface area contributed by atoms with Crippen molar-refractivity contribution in [3.63, 3.8) is 0 Å². The number of benzene rings is 2. The Morgan fingerprint density at radius 3 is 2.70 bits per heavy atom. The molecule has 1 aliphatic rings. The van der Waals surface area contributed by atoms with Gasteiger partial charge < -0.3 is 15.0 Å². The number of para-hydroxylation sites is 1. The van der Waals surface area contributed by atoms with E-state index in [1.807, 2.05) is 36.4 Å². The second-order valence-corrected chi connectivity index (χ2v) is 6.64. The number of hydrogen-bond acceptors (Lipinski definition) is 4. The van der Waals surface area contributed by atoms with Crippen LogP contribution in [0.4, 0.5) is 17.2 Å². The number of carbonyl (C=O) groups is 1. The third kappa shape index (κ3) is 3.36.